The van der Waals surface area contributed by atoms with Crippen molar-refractivity contribution in [2.45, 2.75) is 44.9 Å². The van der Waals surface area contributed by atoms with Crippen LogP contribution in [0.1, 0.15) is 50.8 Å². The van der Waals surface area contributed by atoms with Crippen molar-refractivity contribution < 1.29 is 0 Å². The lowest BCUT2D eigenvalue weighted by Crippen LogP contribution is -2.16. The second kappa shape index (κ2) is 6.57. The molecule has 0 amide bonds. The van der Waals surface area contributed by atoms with E-state index in [9.17, 15) is 0 Å². The number of nitrogens with zero attached hydrogens (tertiary/aromatic N) is 2. The van der Waals surface area contributed by atoms with E-state index in [1.807, 2.05) is 24.3 Å². The summed E-state index contributed by atoms with van der Waals surface area (Å²) < 4.78 is 0. The first-order chi connectivity index (χ1) is 10.3. The van der Waals surface area contributed by atoms with Gasteiger partial charge >= 0.3 is 0 Å². The Hall–Kier alpha value is -1.41. The molecule has 0 saturated heterocycles. The lowest BCUT2D eigenvalue weighted by Gasteiger charge is -2.27. The standard InChI is InChI=1S/C18H21ClN2/c1-2-13-7-6-10-15(11-13)18-20-16(12-17(19)21-18)14-8-4-3-5-9-14/h3-5,8-9,12-13,15H,2,6-7,10-11H2,1H3. The monoisotopic (exact) mass is 300 g/mol. The van der Waals surface area contributed by atoms with Crippen LogP contribution in [0.4, 0.5) is 0 Å². The molecule has 1 aromatic heterocycles. The average molecular weight is 301 g/mol. The minimum atomic E-state index is 0.463. The minimum Gasteiger partial charge on any atom is -0.232 e. The lowest BCUT2D eigenvalue weighted by atomic mass is 9.80. The van der Waals surface area contributed by atoms with E-state index < -0.39 is 0 Å². The molecule has 0 spiro atoms. The molecule has 110 valence electrons. The summed E-state index contributed by atoms with van der Waals surface area (Å²) in [5.74, 6) is 2.20. The normalized spacial score (nSPS) is 22.2. The predicted molar refractivity (Wildman–Crippen MR) is 87.5 cm³/mol. The van der Waals surface area contributed by atoms with Crippen LogP contribution >= 0.6 is 11.6 Å². The fourth-order valence-corrected chi connectivity index (χ4v) is 3.46. The van der Waals surface area contributed by atoms with Crippen molar-refractivity contribution in [2.75, 3.05) is 0 Å². The van der Waals surface area contributed by atoms with Crippen molar-refractivity contribution in [3.8, 4) is 11.3 Å². The van der Waals surface area contributed by atoms with Gasteiger partial charge in [-0.15, -0.1) is 0 Å². The fourth-order valence-electron chi connectivity index (χ4n) is 3.27. The van der Waals surface area contributed by atoms with Gasteiger partial charge in [-0.3, -0.25) is 0 Å². The van der Waals surface area contributed by atoms with E-state index in [-0.39, 0.29) is 0 Å². The molecule has 0 N–H and O–H groups in total. The van der Waals surface area contributed by atoms with Crippen LogP contribution in [0, 0.1) is 5.92 Å². The third kappa shape index (κ3) is 3.44. The van der Waals surface area contributed by atoms with Crippen LogP contribution in [-0.2, 0) is 0 Å². The van der Waals surface area contributed by atoms with Gasteiger partial charge in [0, 0.05) is 17.5 Å². The summed E-state index contributed by atoms with van der Waals surface area (Å²) in [6.45, 7) is 2.28. The Balaban J connectivity index is 1.91. The highest BCUT2D eigenvalue weighted by Gasteiger charge is 2.24. The van der Waals surface area contributed by atoms with Gasteiger partial charge in [0.05, 0.1) is 5.69 Å². The highest BCUT2D eigenvalue weighted by molar-refractivity contribution is 6.29. The van der Waals surface area contributed by atoms with Gasteiger partial charge in [0.2, 0.25) is 0 Å². The molecule has 0 aliphatic heterocycles. The molecule has 1 aliphatic rings. The Morgan fingerprint density at radius 2 is 1.95 bits per heavy atom. The third-order valence-electron chi connectivity index (χ3n) is 4.51. The van der Waals surface area contributed by atoms with E-state index in [4.69, 9.17) is 16.6 Å². The molecule has 3 rings (SSSR count). The molecule has 3 heteroatoms. The molecule has 1 aromatic carbocycles. The zero-order valence-electron chi connectivity index (χ0n) is 12.4. The molecular formula is C18H21ClN2. The maximum absolute atomic E-state index is 6.24. The predicted octanol–water partition coefficient (Wildman–Crippen LogP) is 5.48. The molecule has 2 aromatic rings. The van der Waals surface area contributed by atoms with Gasteiger partial charge < -0.3 is 0 Å². The van der Waals surface area contributed by atoms with Gasteiger partial charge in [0.25, 0.3) is 0 Å². The summed E-state index contributed by atoms with van der Waals surface area (Å²) >= 11 is 6.24. The van der Waals surface area contributed by atoms with Crippen LogP contribution in [0.2, 0.25) is 5.15 Å². The number of aromatic nitrogens is 2. The molecule has 2 unspecified atom stereocenters. The Bertz CT molecular complexity index is 597. The maximum Gasteiger partial charge on any atom is 0.133 e. The molecule has 21 heavy (non-hydrogen) atoms. The summed E-state index contributed by atoms with van der Waals surface area (Å²) in [4.78, 5) is 9.31. The Morgan fingerprint density at radius 3 is 2.71 bits per heavy atom. The smallest absolute Gasteiger partial charge is 0.133 e. The SMILES string of the molecule is CCC1CCCC(c2nc(Cl)cc(-c3ccccc3)n2)C1. The first-order valence-corrected chi connectivity index (χ1v) is 8.24. The molecule has 1 saturated carbocycles. The van der Waals surface area contributed by atoms with Crippen molar-refractivity contribution in [2.24, 2.45) is 5.92 Å². The van der Waals surface area contributed by atoms with Crippen molar-refractivity contribution in [1.82, 2.24) is 9.97 Å². The highest BCUT2D eigenvalue weighted by atomic mass is 35.5. The van der Waals surface area contributed by atoms with Crippen LogP contribution < -0.4 is 0 Å². The van der Waals surface area contributed by atoms with Crippen LogP contribution in [0.25, 0.3) is 11.3 Å². The number of hydrogen-bond acceptors (Lipinski definition) is 2. The Labute approximate surface area is 131 Å². The molecule has 2 nitrogen and oxygen atoms in total. The van der Waals surface area contributed by atoms with Crippen LogP contribution in [-0.4, -0.2) is 9.97 Å². The van der Waals surface area contributed by atoms with Crippen LogP contribution in [0.15, 0.2) is 36.4 Å². The van der Waals surface area contributed by atoms with E-state index in [0.29, 0.717) is 11.1 Å². The largest absolute Gasteiger partial charge is 0.232 e. The van der Waals surface area contributed by atoms with E-state index in [2.05, 4.69) is 24.0 Å². The first-order valence-electron chi connectivity index (χ1n) is 7.86. The maximum atomic E-state index is 6.24. The molecule has 1 heterocycles. The topological polar surface area (TPSA) is 25.8 Å². The second-order valence-corrected chi connectivity index (χ2v) is 6.33. The molecule has 1 fully saturated rings. The number of hydrogen-bond donors (Lipinski definition) is 0. The lowest BCUT2D eigenvalue weighted by molar-refractivity contribution is 0.307. The van der Waals surface area contributed by atoms with Gasteiger partial charge in [-0.2, -0.15) is 0 Å². The fraction of sp³-hybridized carbons (Fsp3) is 0.444. The van der Waals surface area contributed by atoms with Crippen LogP contribution in [0.3, 0.4) is 0 Å². The third-order valence-corrected chi connectivity index (χ3v) is 4.70. The van der Waals surface area contributed by atoms with Crippen LogP contribution in [0.5, 0.6) is 0 Å². The number of benzene rings is 1. The Morgan fingerprint density at radius 1 is 1.14 bits per heavy atom. The van der Waals surface area contributed by atoms with E-state index in [1.165, 1.54) is 32.1 Å². The van der Waals surface area contributed by atoms with Gasteiger partial charge in [-0.25, -0.2) is 9.97 Å². The summed E-state index contributed by atoms with van der Waals surface area (Å²) in [6, 6.07) is 12.1. The van der Waals surface area contributed by atoms with E-state index in [0.717, 1.165) is 23.0 Å². The zero-order valence-corrected chi connectivity index (χ0v) is 13.2. The molecule has 0 radical (unpaired) electrons. The molecule has 2 atom stereocenters. The van der Waals surface area contributed by atoms with Gasteiger partial charge in [-0.05, 0) is 18.8 Å². The summed E-state index contributed by atoms with van der Waals surface area (Å²) in [7, 11) is 0. The summed E-state index contributed by atoms with van der Waals surface area (Å²) in [6.07, 6.45) is 6.26. The van der Waals surface area contributed by atoms with E-state index >= 15 is 0 Å². The summed E-state index contributed by atoms with van der Waals surface area (Å²) in [5, 5.41) is 0.553. The van der Waals surface area contributed by atoms with Gasteiger partial charge in [-0.1, -0.05) is 68.1 Å². The van der Waals surface area contributed by atoms with Gasteiger partial charge in [0.1, 0.15) is 11.0 Å². The number of rotatable bonds is 3. The Kier molecular flexibility index (Phi) is 4.54. The van der Waals surface area contributed by atoms with Crippen molar-refractivity contribution in [1.29, 1.82) is 0 Å². The molecule has 1 aliphatic carbocycles. The molecule has 0 bridgehead atoms. The highest BCUT2D eigenvalue weighted by Crippen LogP contribution is 2.37. The zero-order chi connectivity index (χ0) is 14.7. The average Bonchev–Trinajstić information content (AvgIpc) is 2.55. The van der Waals surface area contributed by atoms with Crippen molar-refractivity contribution >= 4 is 11.6 Å². The quantitative estimate of drug-likeness (QED) is 0.701. The van der Waals surface area contributed by atoms with Crippen molar-refractivity contribution in [3.05, 3.63) is 47.4 Å². The second-order valence-electron chi connectivity index (χ2n) is 5.94. The number of halogens is 1. The molecular weight excluding hydrogens is 280 g/mol. The van der Waals surface area contributed by atoms with Crippen molar-refractivity contribution in [3.63, 3.8) is 0 Å². The summed E-state index contributed by atoms with van der Waals surface area (Å²) in [5.41, 5.74) is 2.04. The van der Waals surface area contributed by atoms with E-state index in [1.54, 1.807) is 0 Å². The minimum absolute atomic E-state index is 0.463. The van der Waals surface area contributed by atoms with Gasteiger partial charge in [0.15, 0.2) is 0 Å². The first kappa shape index (κ1) is 14.5.